The van der Waals surface area contributed by atoms with E-state index in [0.717, 1.165) is 48.0 Å². The van der Waals surface area contributed by atoms with Gasteiger partial charge in [-0.25, -0.2) is 0 Å². The number of hydrogen-bond acceptors (Lipinski definition) is 5. The Kier molecular flexibility index (Phi) is 4.20. The van der Waals surface area contributed by atoms with Crippen LogP contribution in [0.4, 0.5) is 0 Å². The molecule has 2 aliphatic heterocycles. The maximum absolute atomic E-state index is 12.3. The average molecular weight is 378 g/mol. The van der Waals surface area contributed by atoms with E-state index in [4.69, 9.17) is 0 Å². The maximum Gasteiger partial charge on any atom is 0.251 e. The zero-order chi connectivity index (χ0) is 19.1. The fourth-order valence-electron chi connectivity index (χ4n) is 4.23. The first-order chi connectivity index (χ1) is 13.7. The second kappa shape index (κ2) is 6.87. The molecule has 0 bridgehead atoms. The summed E-state index contributed by atoms with van der Waals surface area (Å²) in [5.41, 5.74) is 2.99. The van der Waals surface area contributed by atoms with Crippen molar-refractivity contribution in [3.8, 4) is 11.1 Å². The lowest BCUT2D eigenvalue weighted by Crippen LogP contribution is -2.42. The lowest BCUT2D eigenvalue weighted by atomic mass is 10.0. The molecule has 4 heterocycles. The minimum absolute atomic E-state index is 0.219. The first-order valence-corrected chi connectivity index (χ1v) is 9.76. The SMILES string of the molecule is O=C1CCC(n2ncc3c(-c4cnn(C5CCNCC5)c4)cccc32)C(=O)N1. The number of carbonyl (C=O) groups excluding carboxylic acids is 2. The van der Waals surface area contributed by atoms with E-state index < -0.39 is 6.04 Å². The van der Waals surface area contributed by atoms with Gasteiger partial charge in [0.1, 0.15) is 6.04 Å². The molecule has 3 aromatic rings. The van der Waals surface area contributed by atoms with E-state index in [1.807, 2.05) is 18.3 Å². The van der Waals surface area contributed by atoms with E-state index >= 15 is 0 Å². The van der Waals surface area contributed by atoms with Crippen LogP contribution >= 0.6 is 0 Å². The number of imide groups is 1. The number of amides is 2. The Hall–Kier alpha value is -3.00. The largest absolute Gasteiger partial charge is 0.317 e. The first kappa shape index (κ1) is 17.1. The number of carbonyl (C=O) groups is 2. The Morgan fingerprint density at radius 1 is 1.04 bits per heavy atom. The van der Waals surface area contributed by atoms with Crippen molar-refractivity contribution >= 4 is 22.7 Å². The molecule has 28 heavy (non-hydrogen) atoms. The summed E-state index contributed by atoms with van der Waals surface area (Å²) in [6.45, 7) is 2.04. The smallest absolute Gasteiger partial charge is 0.251 e. The van der Waals surface area contributed by atoms with Crippen molar-refractivity contribution in [3.63, 3.8) is 0 Å². The van der Waals surface area contributed by atoms with Gasteiger partial charge >= 0.3 is 0 Å². The number of rotatable bonds is 3. The number of nitrogens with zero attached hydrogens (tertiary/aromatic N) is 4. The molecular formula is C20H22N6O2. The zero-order valence-electron chi connectivity index (χ0n) is 15.5. The van der Waals surface area contributed by atoms with Gasteiger partial charge in [-0.2, -0.15) is 10.2 Å². The van der Waals surface area contributed by atoms with Gasteiger partial charge in [-0.1, -0.05) is 12.1 Å². The standard InChI is InChI=1S/C20H22N6O2/c27-19-5-4-18(20(28)24-19)26-17-3-1-2-15(16(17)11-23-26)13-10-22-25(12-13)14-6-8-21-9-7-14/h1-3,10-12,14,18,21H,4-9H2,(H,24,27,28). The van der Waals surface area contributed by atoms with Gasteiger partial charge in [-0.05, 0) is 44.0 Å². The molecule has 2 N–H and O–H groups in total. The molecule has 5 rings (SSSR count). The second-order valence-electron chi connectivity index (χ2n) is 7.48. The Morgan fingerprint density at radius 3 is 2.71 bits per heavy atom. The number of piperidine rings is 2. The molecule has 2 aliphatic rings. The highest BCUT2D eigenvalue weighted by Gasteiger charge is 2.30. The molecule has 2 amide bonds. The van der Waals surface area contributed by atoms with Crippen molar-refractivity contribution in [1.29, 1.82) is 0 Å². The Morgan fingerprint density at radius 2 is 1.89 bits per heavy atom. The summed E-state index contributed by atoms with van der Waals surface area (Å²) in [5.74, 6) is -0.505. The minimum Gasteiger partial charge on any atom is -0.317 e. The fraction of sp³-hybridized carbons (Fsp3) is 0.400. The number of benzene rings is 1. The molecule has 0 spiro atoms. The summed E-state index contributed by atoms with van der Waals surface area (Å²) < 4.78 is 3.80. The molecule has 1 unspecified atom stereocenters. The zero-order valence-corrected chi connectivity index (χ0v) is 15.5. The third-order valence-electron chi connectivity index (χ3n) is 5.74. The molecule has 8 heteroatoms. The number of hydrogen-bond donors (Lipinski definition) is 2. The summed E-state index contributed by atoms with van der Waals surface area (Å²) in [6, 6.07) is 5.97. The van der Waals surface area contributed by atoms with Crippen molar-refractivity contribution in [2.75, 3.05) is 13.1 Å². The minimum atomic E-state index is -0.456. The monoisotopic (exact) mass is 378 g/mol. The van der Waals surface area contributed by atoms with Crippen LogP contribution in [0.5, 0.6) is 0 Å². The van der Waals surface area contributed by atoms with E-state index in [0.29, 0.717) is 18.9 Å². The van der Waals surface area contributed by atoms with Crippen molar-refractivity contribution < 1.29 is 9.59 Å². The summed E-state index contributed by atoms with van der Waals surface area (Å²) in [4.78, 5) is 23.7. The van der Waals surface area contributed by atoms with E-state index in [2.05, 4.69) is 37.8 Å². The summed E-state index contributed by atoms with van der Waals surface area (Å²) >= 11 is 0. The van der Waals surface area contributed by atoms with Crippen LogP contribution in [0.1, 0.15) is 37.8 Å². The van der Waals surface area contributed by atoms with Gasteiger partial charge in [0.2, 0.25) is 5.91 Å². The topological polar surface area (TPSA) is 93.8 Å². The summed E-state index contributed by atoms with van der Waals surface area (Å²) in [7, 11) is 0. The fourth-order valence-corrected chi connectivity index (χ4v) is 4.23. The predicted octanol–water partition coefficient (Wildman–Crippen LogP) is 1.80. The average Bonchev–Trinajstić information content (AvgIpc) is 3.36. The van der Waals surface area contributed by atoms with Gasteiger partial charge in [0.05, 0.1) is 24.0 Å². The second-order valence-corrected chi connectivity index (χ2v) is 7.48. The lowest BCUT2D eigenvalue weighted by Gasteiger charge is -2.22. The van der Waals surface area contributed by atoms with Gasteiger partial charge in [0, 0.05) is 23.6 Å². The van der Waals surface area contributed by atoms with Crippen LogP contribution < -0.4 is 10.6 Å². The van der Waals surface area contributed by atoms with Gasteiger partial charge in [0.25, 0.3) is 5.91 Å². The number of fused-ring (bicyclic) bond motifs is 1. The van der Waals surface area contributed by atoms with E-state index in [9.17, 15) is 9.59 Å². The summed E-state index contributed by atoms with van der Waals surface area (Å²) in [6.07, 6.45) is 8.78. The molecule has 0 aliphatic carbocycles. The van der Waals surface area contributed by atoms with Gasteiger partial charge in [-0.15, -0.1) is 0 Å². The summed E-state index contributed by atoms with van der Waals surface area (Å²) in [5, 5.41) is 15.9. The van der Waals surface area contributed by atoms with Crippen molar-refractivity contribution in [3.05, 3.63) is 36.8 Å². The first-order valence-electron chi connectivity index (χ1n) is 9.76. The van der Waals surface area contributed by atoms with E-state index in [1.54, 1.807) is 10.9 Å². The van der Waals surface area contributed by atoms with Crippen LogP contribution in [0.3, 0.4) is 0 Å². The van der Waals surface area contributed by atoms with Crippen LogP contribution in [0, 0.1) is 0 Å². The predicted molar refractivity (Wildman–Crippen MR) is 104 cm³/mol. The van der Waals surface area contributed by atoms with E-state index in [-0.39, 0.29) is 11.8 Å². The van der Waals surface area contributed by atoms with Crippen molar-refractivity contribution in [1.82, 2.24) is 30.2 Å². The molecule has 1 aromatic carbocycles. The van der Waals surface area contributed by atoms with E-state index in [1.165, 1.54) is 0 Å². The molecule has 144 valence electrons. The normalized spacial score (nSPS) is 21.2. The molecule has 2 aromatic heterocycles. The third kappa shape index (κ3) is 2.90. The quantitative estimate of drug-likeness (QED) is 0.678. The highest BCUT2D eigenvalue weighted by atomic mass is 16.2. The van der Waals surface area contributed by atoms with Gasteiger partial charge in [-0.3, -0.25) is 24.3 Å². The molecular weight excluding hydrogens is 356 g/mol. The van der Waals surface area contributed by atoms with Crippen molar-refractivity contribution in [2.45, 2.75) is 37.8 Å². The number of nitrogens with one attached hydrogen (secondary N) is 2. The third-order valence-corrected chi connectivity index (χ3v) is 5.74. The highest BCUT2D eigenvalue weighted by Crippen LogP contribution is 2.32. The molecule has 0 saturated carbocycles. The Bertz CT molecular complexity index is 1050. The van der Waals surface area contributed by atoms with Crippen LogP contribution in [0.25, 0.3) is 22.0 Å². The molecule has 8 nitrogen and oxygen atoms in total. The van der Waals surface area contributed by atoms with Gasteiger partial charge in [0.15, 0.2) is 0 Å². The van der Waals surface area contributed by atoms with Crippen LogP contribution in [0.15, 0.2) is 36.8 Å². The highest BCUT2D eigenvalue weighted by molar-refractivity contribution is 6.01. The Balaban J connectivity index is 1.50. The van der Waals surface area contributed by atoms with Crippen LogP contribution in [-0.2, 0) is 9.59 Å². The lowest BCUT2D eigenvalue weighted by molar-refractivity contribution is -0.135. The molecule has 2 fully saturated rings. The van der Waals surface area contributed by atoms with Crippen molar-refractivity contribution in [2.24, 2.45) is 0 Å². The number of aromatic nitrogens is 4. The Labute approximate surface area is 161 Å². The van der Waals surface area contributed by atoms with Crippen LogP contribution in [-0.4, -0.2) is 44.5 Å². The molecule has 2 saturated heterocycles. The maximum atomic E-state index is 12.3. The van der Waals surface area contributed by atoms with Crippen LogP contribution in [0.2, 0.25) is 0 Å². The van der Waals surface area contributed by atoms with Gasteiger partial charge < -0.3 is 5.32 Å². The molecule has 0 radical (unpaired) electrons. The molecule has 1 atom stereocenters.